The Morgan fingerprint density at radius 3 is 2.93 bits per heavy atom. The summed E-state index contributed by atoms with van der Waals surface area (Å²) in [5.41, 5.74) is 2.77. The molecule has 3 heterocycles. The number of hydrogen-bond donors (Lipinski definition) is 1. The lowest BCUT2D eigenvalue weighted by Gasteiger charge is -2.29. The lowest BCUT2D eigenvalue weighted by molar-refractivity contribution is -0.136. The molecular weight excluding hydrogens is 350 g/mol. The standard InChI is InChI=1S/C18H19N5O4/c1-2-27-10-11-8-23(21-20-11)14-5-3-4-12-13(14)9-22(18(12)26)15-6-7-16(24)19-17(15)25/h3-5,8,15H,2,6-7,9-10H2,1H3,(H,19,24,25). The number of nitrogens with zero attached hydrogens (tertiary/aromatic N) is 4. The highest BCUT2D eigenvalue weighted by Crippen LogP contribution is 2.31. The van der Waals surface area contributed by atoms with Crippen LogP contribution in [0.3, 0.4) is 0 Å². The Hall–Kier alpha value is -3.07. The van der Waals surface area contributed by atoms with Gasteiger partial charge in [-0.1, -0.05) is 11.3 Å². The summed E-state index contributed by atoms with van der Waals surface area (Å²) in [5.74, 6) is -0.935. The summed E-state index contributed by atoms with van der Waals surface area (Å²) in [5, 5.41) is 10.5. The topological polar surface area (TPSA) is 106 Å². The van der Waals surface area contributed by atoms with Crippen molar-refractivity contribution in [3.63, 3.8) is 0 Å². The van der Waals surface area contributed by atoms with Crippen LogP contribution in [0.15, 0.2) is 24.4 Å². The van der Waals surface area contributed by atoms with Gasteiger partial charge in [-0.15, -0.1) is 5.10 Å². The maximum Gasteiger partial charge on any atom is 0.255 e. The summed E-state index contributed by atoms with van der Waals surface area (Å²) in [6.07, 6.45) is 2.33. The molecule has 1 aromatic heterocycles. The molecule has 3 amide bonds. The molecule has 1 atom stereocenters. The van der Waals surface area contributed by atoms with Gasteiger partial charge in [-0.2, -0.15) is 0 Å². The highest BCUT2D eigenvalue weighted by Gasteiger charge is 2.40. The molecule has 9 heteroatoms. The van der Waals surface area contributed by atoms with Crippen molar-refractivity contribution in [3.05, 3.63) is 41.2 Å². The van der Waals surface area contributed by atoms with Crippen LogP contribution in [0.25, 0.3) is 5.69 Å². The molecule has 0 radical (unpaired) electrons. The molecule has 1 fully saturated rings. The van der Waals surface area contributed by atoms with E-state index in [9.17, 15) is 14.4 Å². The molecule has 1 saturated heterocycles. The van der Waals surface area contributed by atoms with E-state index in [1.807, 2.05) is 13.0 Å². The molecule has 1 N–H and O–H groups in total. The van der Waals surface area contributed by atoms with Gasteiger partial charge in [-0.25, -0.2) is 4.68 Å². The molecule has 0 saturated carbocycles. The Labute approximate surface area is 155 Å². The number of piperidine rings is 1. The molecule has 0 aliphatic carbocycles. The van der Waals surface area contributed by atoms with Gasteiger partial charge >= 0.3 is 0 Å². The minimum absolute atomic E-state index is 0.212. The Kier molecular flexibility index (Phi) is 4.44. The van der Waals surface area contributed by atoms with Crippen molar-refractivity contribution >= 4 is 17.7 Å². The van der Waals surface area contributed by atoms with Crippen LogP contribution >= 0.6 is 0 Å². The molecule has 9 nitrogen and oxygen atoms in total. The predicted octanol–water partition coefficient (Wildman–Crippen LogP) is 0.565. The fourth-order valence-electron chi connectivity index (χ4n) is 3.47. The molecule has 140 valence electrons. The third-order valence-corrected chi connectivity index (χ3v) is 4.80. The molecule has 2 aliphatic rings. The monoisotopic (exact) mass is 369 g/mol. The molecular formula is C18H19N5O4. The van der Waals surface area contributed by atoms with E-state index in [1.165, 1.54) is 4.90 Å². The SMILES string of the molecule is CCOCc1cn(-c2cccc3c2CN(C2CCC(=O)NC2=O)C3=O)nn1. The van der Waals surface area contributed by atoms with Gasteiger partial charge in [0.25, 0.3) is 5.91 Å². The third kappa shape index (κ3) is 3.10. The largest absolute Gasteiger partial charge is 0.375 e. The average Bonchev–Trinajstić information content (AvgIpc) is 3.25. The first-order valence-corrected chi connectivity index (χ1v) is 8.84. The number of nitrogens with one attached hydrogen (secondary N) is 1. The summed E-state index contributed by atoms with van der Waals surface area (Å²) >= 11 is 0. The van der Waals surface area contributed by atoms with Crippen LogP contribution in [0.1, 0.15) is 41.4 Å². The van der Waals surface area contributed by atoms with Gasteiger partial charge in [0.2, 0.25) is 11.8 Å². The van der Waals surface area contributed by atoms with Crippen LogP contribution in [0, 0.1) is 0 Å². The van der Waals surface area contributed by atoms with Gasteiger partial charge in [0.1, 0.15) is 11.7 Å². The maximum atomic E-state index is 12.8. The zero-order valence-corrected chi connectivity index (χ0v) is 14.8. The fraction of sp³-hybridized carbons (Fsp3) is 0.389. The molecule has 0 spiro atoms. The Morgan fingerprint density at radius 1 is 1.30 bits per heavy atom. The smallest absolute Gasteiger partial charge is 0.255 e. The number of rotatable bonds is 5. The Morgan fingerprint density at radius 2 is 2.15 bits per heavy atom. The van der Waals surface area contributed by atoms with Gasteiger partial charge in [0.05, 0.1) is 18.5 Å². The van der Waals surface area contributed by atoms with Crippen molar-refractivity contribution in [2.75, 3.05) is 6.61 Å². The first-order valence-electron chi connectivity index (χ1n) is 8.84. The van der Waals surface area contributed by atoms with Crippen LogP contribution in [-0.4, -0.2) is 50.3 Å². The molecule has 0 bridgehead atoms. The molecule has 4 rings (SSSR count). The number of amides is 3. The van der Waals surface area contributed by atoms with E-state index in [4.69, 9.17) is 4.74 Å². The number of imide groups is 1. The number of ether oxygens (including phenoxy) is 1. The number of fused-ring (bicyclic) bond motifs is 1. The van der Waals surface area contributed by atoms with Crippen molar-refractivity contribution in [1.82, 2.24) is 25.2 Å². The Balaban J connectivity index is 1.62. The van der Waals surface area contributed by atoms with Crippen molar-refractivity contribution < 1.29 is 19.1 Å². The summed E-state index contributed by atoms with van der Waals surface area (Å²) in [6, 6.07) is 4.74. The minimum atomic E-state index is -0.639. The van der Waals surface area contributed by atoms with Crippen molar-refractivity contribution in [2.45, 2.75) is 39.0 Å². The number of hydrogen-bond acceptors (Lipinski definition) is 6. The van der Waals surface area contributed by atoms with E-state index in [0.717, 1.165) is 11.3 Å². The van der Waals surface area contributed by atoms with Gasteiger partial charge in [0, 0.05) is 30.7 Å². The van der Waals surface area contributed by atoms with Crippen molar-refractivity contribution in [1.29, 1.82) is 0 Å². The highest BCUT2D eigenvalue weighted by atomic mass is 16.5. The summed E-state index contributed by atoms with van der Waals surface area (Å²) in [6.45, 7) is 3.15. The lowest BCUT2D eigenvalue weighted by atomic mass is 10.0. The van der Waals surface area contributed by atoms with Crippen LogP contribution in [0.4, 0.5) is 0 Å². The van der Waals surface area contributed by atoms with Crippen molar-refractivity contribution in [3.8, 4) is 5.69 Å². The molecule has 2 aromatic rings. The van der Waals surface area contributed by atoms with E-state index >= 15 is 0 Å². The van der Waals surface area contributed by atoms with Gasteiger partial charge in [0.15, 0.2) is 0 Å². The maximum absolute atomic E-state index is 12.8. The van der Waals surface area contributed by atoms with Gasteiger partial charge in [-0.05, 0) is 25.5 Å². The normalized spacial score (nSPS) is 19.4. The predicted molar refractivity (Wildman–Crippen MR) is 92.7 cm³/mol. The third-order valence-electron chi connectivity index (χ3n) is 4.80. The van der Waals surface area contributed by atoms with E-state index < -0.39 is 11.9 Å². The highest BCUT2D eigenvalue weighted by molar-refractivity contribution is 6.05. The van der Waals surface area contributed by atoms with Crippen molar-refractivity contribution in [2.24, 2.45) is 0 Å². The van der Waals surface area contributed by atoms with E-state index in [1.54, 1.807) is 23.0 Å². The summed E-state index contributed by atoms with van der Waals surface area (Å²) in [7, 11) is 0. The molecule has 27 heavy (non-hydrogen) atoms. The van der Waals surface area contributed by atoms with E-state index in [2.05, 4.69) is 15.6 Å². The van der Waals surface area contributed by atoms with Crippen LogP contribution in [0.5, 0.6) is 0 Å². The first-order chi connectivity index (χ1) is 13.1. The zero-order chi connectivity index (χ0) is 19.0. The molecule has 2 aliphatic heterocycles. The minimum Gasteiger partial charge on any atom is -0.375 e. The van der Waals surface area contributed by atoms with Crippen LogP contribution in [0.2, 0.25) is 0 Å². The summed E-state index contributed by atoms with van der Waals surface area (Å²) < 4.78 is 6.96. The van der Waals surface area contributed by atoms with Gasteiger partial charge in [-0.3, -0.25) is 19.7 Å². The quantitative estimate of drug-likeness (QED) is 0.772. The zero-order valence-electron chi connectivity index (χ0n) is 14.8. The number of benzene rings is 1. The summed E-state index contributed by atoms with van der Waals surface area (Å²) in [4.78, 5) is 37.9. The number of carbonyl (C=O) groups excluding carboxylic acids is 3. The van der Waals surface area contributed by atoms with Gasteiger partial charge < -0.3 is 9.64 Å². The van der Waals surface area contributed by atoms with Crippen LogP contribution < -0.4 is 5.32 Å². The van der Waals surface area contributed by atoms with Crippen LogP contribution in [-0.2, 0) is 27.5 Å². The number of carbonyl (C=O) groups is 3. The molecule has 1 unspecified atom stereocenters. The average molecular weight is 369 g/mol. The number of aromatic nitrogens is 3. The first kappa shape index (κ1) is 17.3. The van der Waals surface area contributed by atoms with E-state index in [-0.39, 0.29) is 24.8 Å². The second-order valence-electron chi connectivity index (χ2n) is 6.49. The fourth-order valence-corrected chi connectivity index (χ4v) is 3.47. The lowest BCUT2D eigenvalue weighted by Crippen LogP contribution is -2.52. The Bertz CT molecular complexity index is 922. The second-order valence-corrected chi connectivity index (χ2v) is 6.49. The second kappa shape index (κ2) is 6.92. The molecule has 1 aromatic carbocycles. The van der Waals surface area contributed by atoms with E-state index in [0.29, 0.717) is 30.9 Å².